The maximum Gasteiger partial charge on any atom is 0.262 e. The zero-order valence-electron chi connectivity index (χ0n) is 16.3. The molecule has 1 saturated carbocycles. The number of halogens is 2. The molecule has 154 valence electrons. The Morgan fingerprint density at radius 3 is 2.48 bits per heavy atom. The fourth-order valence-electron chi connectivity index (χ4n) is 3.45. The van der Waals surface area contributed by atoms with E-state index in [1.165, 1.54) is 37.5 Å². The maximum atomic E-state index is 13.1. The summed E-state index contributed by atoms with van der Waals surface area (Å²) in [5.41, 5.74) is 1.15. The van der Waals surface area contributed by atoms with E-state index in [0.29, 0.717) is 23.0 Å². The predicted molar refractivity (Wildman–Crippen MR) is 111 cm³/mol. The molecule has 0 spiro atoms. The summed E-state index contributed by atoms with van der Waals surface area (Å²) in [7, 11) is 1.85. The number of hydrogen-bond donors (Lipinski definition) is 1. The predicted octanol–water partition coefficient (Wildman–Crippen LogP) is 4.90. The first-order valence-electron chi connectivity index (χ1n) is 9.69. The van der Waals surface area contributed by atoms with Crippen molar-refractivity contribution in [1.82, 2.24) is 4.90 Å². The minimum atomic E-state index is -0.549. The molecule has 2 amide bonds. The molecule has 0 saturated heterocycles. The van der Waals surface area contributed by atoms with Gasteiger partial charge in [0.15, 0.2) is 6.61 Å². The average molecular weight is 419 g/mol. The zero-order valence-corrected chi connectivity index (χ0v) is 17.0. The molecule has 5 nitrogen and oxygen atoms in total. The van der Waals surface area contributed by atoms with Crippen LogP contribution in [0.5, 0.6) is 5.75 Å². The van der Waals surface area contributed by atoms with Crippen molar-refractivity contribution in [2.75, 3.05) is 19.0 Å². The lowest BCUT2D eigenvalue weighted by Crippen LogP contribution is -2.38. The molecule has 29 heavy (non-hydrogen) atoms. The molecule has 2 aromatic rings. The summed E-state index contributed by atoms with van der Waals surface area (Å²) in [6, 6.07) is 11.0. The van der Waals surface area contributed by atoms with Crippen LogP contribution in [0, 0.1) is 5.82 Å². The van der Waals surface area contributed by atoms with Gasteiger partial charge in [-0.1, -0.05) is 30.9 Å². The monoisotopic (exact) mass is 418 g/mol. The molecule has 1 fully saturated rings. The van der Waals surface area contributed by atoms with Crippen LogP contribution < -0.4 is 10.1 Å². The summed E-state index contributed by atoms with van der Waals surface area (Å²) in [4.78, 5) is 26.5. The Hall–Kier alpha value is -2.60. The topological polar surface area (TPSA) is 58.6 Å². The summed E-state index contributed by atoms with van der Waals surface area (Å²) < 4.78 is 18.4. The maximum absolute atomic E-state index is 13.1. The molecule has 1 aliphatic rings. The van der Waals surface area contributed by atoms with E-state index in [1.807, 2.05) is 11.9 Å². The lowest BCUT2D eigenvalue weighted by atomic mass is 9.94. The first-order chi connectivity index (χ1) is 13.9. The number of benzene rings is 2. The van der Waals surface area contributed by atoms with Crippen molar-refractivity contribution < 1.29 is 18.7 Å². The summed E-state index contributed by atoms with van der Waals surface area (Å²) in [6.07, 6.45) is 5.68. The highest BCUT2D eigenvalue weighted by atomic mass is 35.5. The van der Waals surface area contributed by atoms with E-state index in [2.05, 4.69) is 5.32 Å². The van der Waals surface area contributed by atoms with E-state index in [0.717, 1.165) is 12.8 Å². The number of hydrogen-bond acceptors (Lipinski definition) is 3. The van der Waals surface area contributed by atoms with Gasteiger partial charge < -0.3 is 15.0 Å². The lowest BCUT2D eigenvalue weighted by molar-refractivity contribution is -0.118. The summed E-state index contributed by atoms with van der Waals surface area (Å²) in [5, 5.41) is 2.63. The van der Waals surface area contributed by atoms with Crippen molar-refractivity contribution in [1.29, 1.82) is 0 Å². The van der Waals surface area contributed by atoms with Crippen molar-refractivity contribution in [3.05, 3.63) is 58.9 Å². The van der Waals surface area contributed by atoms with Crippen molar-refractivity contribution >= 4 is 29.1 Å². The van der Waals surface area contributed by atoms with Crippen molar-refractivity contribution in [2.24, 2.45) is 0 Å². The number of rotatable bonds is 6. The number of carbonyl (C=O) groups excluding carboxylic acids is 2. The van der Waals surface area contributed by atoms with Crippen LogP contribution >= 0.6 is 11.6 Å². The third-order valence-corrected chi connectivity index (χ3v) is 5.41. The van der Waals surface area contributed by atoms with E-state index in [1.54, 1.807) is 24.3 Å². The van der Waals surface area contributed by atoms with Crippen molar-refractivity contribution in [3.8, 4) is 5.75 Å². The van der Waals surface area contributed by atoms with Gasteiger partial charge in [0, 0.05) is 30.4 Å². The van der Waals surface area contributed by atoms with Crippen molar-refractivity contribution in [2.45, 2.75) is 38.1 Å². The molecular weight excluding hydrogens is 395 g/mol. The van der Waals surface area contributed by atoms with Crippen LogP contribution in [-0.4, -0.2) is 36.4 Å². The normalized spacial score (nSPS) is 14.3. The second-order valence-corrected chi connectivity index (χ2v) is 7.61. The molecule has 1 N–H and O–H groups in total. The van der Waals surface area contributed by atoms with Gasteiger partial charge in [-0.05, 0) is 49.2 Å². The molecule has 0 aliphatic heterocycles. The van der Waals surface area contributed by atoms with Gasteiger partial charge in [-0.3, -0.25) is 9.59 Å². The van der Waals surface area contributed by atoms with Crippen molar-refractivity contribution in [3.63, 3.8) is 0 Å². The Bertz CT molecular complexity index is 867. The number of ether oxygens (including phenoxy) is 1. The molecule has 0 bridgehead atoms. The van der Waals surface area contributed by atoms with Gasteiger partial charge >= 0.3 is 0 Å². The Balaban J connectivity index is 1.52. The van der Waals surface area contributed by atoms with Gasteiger partial charge in [0.25, 0.3) is 11.8 Å². The van der Waals surface area contributed by atoms with Crippen LogP contribution in [0.25, 0.3) is 0 Å². The Kier molecular flexibility index (Phi) is 7.09. The Labute approximate surface area is 174 Å². The smallest absolute Gasteiger partial charge is 0.262 e. The van der Waals surface area contributed by atoms with Gasteiger partial charge in [-0.15, -0.1) is 0 Å². The van der Waals surface area contributed by atoms with E-state index in [9.17, 15) is 14.0 Å². The highest BCUT2D eigenvalue weighted by molar-refractivity contribution is 6.30. The third-order valence-electron chi connectivity index (χ3n) is 5.12. The number of amides is 2. The molecule has 0 aromatic heterocycles. The highest BCUT2D eigenvalue weighted by Gasteiger charge is 2.22. The molecule has 7 heteroatoms. The molecular formula is C22H24ClFN2O3. The first-order valence-corrected chi connectivity index (χ1v) is 10.1. The second kappa shape index (κ2) is 9.74. The highest BCUT2D eigenvalue weighted by Crippen LogP contribution is 2.23. The van der Waals surface area contributed by atoms with Crippen LogP contribution in [0.3, 0.4) is 0 Å². The van der Waals surface area contributed by atoms with Crippen LogP contribution in [-0.2, 0) is 4.79 Å². The first kappa shape index (κ1) is 21.1. The molecule has 2 aromatic carbocycles. The quantitative estimate of drug-likeness (QED) is 0.725. The molecule has 0 atom stereocenters. The van der Waals surface area contributed by atoms with E-state index in [4.69, 9.17) is 16.3 Å². The summed E-state index contributed by atoms with van der Waals surface area (Å²) in [5.74, 6) is -0.624. The fraction of sp³-hybridized carbons (Fsp3) is 0.364. The minimum absolute atomic E-state index is 0.00806. The van der Waals surface area contributed by atoms with Gasteiger partial charge in [-0.2, -0.15) is 0 Å². The number of carbonyl (C=O) groups is 2. The molecule has 0 radical (unpaired) electrons. The molecule has 0 unspecified atom stereocenters. The molecule has 1 aliphatic carbocycles. The van der Waals surface area contributed by atoms with Gasteiger partial charge in [0.2, 0.25) is 0 Å². The summed E-state index contributed by atoms with van der Waals surface area (Å²) >= 11 is 5.68. The molecule has 3 rings (SSSR count). The zero-order chi connectivity index (χ0) is 20.8. The standard InChI is InChI=1S/C22H24ClFN2O3/c1-26(17-5-3-2-4-6-17)22(28)15-7-9-16(10-8-15)25-21(27)14-29-18-11-12-20(24)19(23)13-18/h7-13,17H,2-6,14H2,1H3,(H,25,27). The van der Waals surface area contributed by atoms with Gasteiger partial charge in [-0.25, -0.2) is 4.39 Å². The van der Waals surface area contributed by atoms with Crippen LogP contribution in [0.1, 0.15) is 42.5 Å². The number of nitrogens with one attached hydrogen (secondary N) is 1. The van der Waals surface area contributed by atoms with E-state index in [-0.39, 0.29) is 23.4 Å². The number of nitrogens with zero attached hydrogens (tertiary/aromatic N) is 1. The van der Waals surface area contributed by atoms with Crippen LogP contribution in [0.2, 0.25) is 5.02 Å². The van der Waals surface area contributed by atoms with Crippen LogP contribution in [0.15, 0.2) is 42.5 Å². The lowest BCUT2D eigenvalue weighted by Gasteiger charge is -2.31. The van der Waals surface area contributed by atoms with Gasteiger partial charge in [0.05, 0.1) is 5.02 Å². The fourth-order valence-corrected chi connectivity index (χ4v) is 3.62. The third kappa shape index (κ3) is 5.70. The van der Waals surface area contributed by atoms with E-state index < -0.39 is 5.82 Å². The molecule has 0 heterocycles. The van der Waals surface area contributed by atoms with E-state index >= 15 is 0 Å². The SMILES string of the molecule is CN(C(=O)c1ccc(NC(=O)COc2ccc(F)c(Cl)c2)cc1)C1CCCCC1. The average Bonchev–Trinajstić information content (AvgIpc) is 2.74. The minimum Gasteiger partial charge on any atom is -0.484 e. The number of anilines is 1. The largest absolute Gasteiger partial charge is 0.484 e. The van der Waals surface area contributed by atoms with Gasteiger partial charge in [0.1, 0.15) is 11.6 Å². The Morgan fingerprint density at radius 2 is 1.83 bits per heavy atom. The summed E-state index contributed by atoms with van der Waals surface area (Å²) in [6.45, 7) is -0.243. The second-order valence-electron chi connectivity index (χ2n) is 7.20. The van der Waals surface area contributed by atoms with Crippen LogP contribution in [0.4, 0.5) is 10.1 Å². The Morgan fingerprint density at radius 1 is 1.14 bits per heavy atom.